The number of methoxy groups -OCH3 is 1. The van der Waals surface area contributed by atoms with Crippen molar-refractivity contribution >= 4 is 11.6 Å². The van der Waals surface area contributed by atoms with E-state index in [1.807, 2.05) is 24.3 Å². The van der Waals surface area contributed by atoms with Crippen LogP contribution in [0.1, 0.15) is 18.9 Å². The quantitative estimate of drug-likeness (QED) is 0.790. The van der Waals surface area contributed by atoms with Gasteiger partial charge in [0.15, 0.2) is 0 Å². The maximum atomic E-state index is 6.36. The molecule has 0 aliphatic carbocycles. The van der Waals surface area contributed by atoms with E-state index < -0.39 is 0 Å². The van der Waals surface area contributed by atoms with Crippen molar-refractivity contribution in [1.29, 1.82) is 0 Å². The van der Waals surface area contributed by atoms with Crippen LogP contribution in [0.2, 0.25) is 5.02 Å². The Kier molecular flexibility index (Phi) is 5.45. The molecule has 0 aliphatic rings. The molecule has 2 aromatic rings. The average molecular weight is 290 g/mol. The van der Waals surface area contributed by atoms with Gasteiger partial charge in [-0.15, -0.1) is 0 Å². The number of halogens is 1. The monoisotopic (exact) mass is 289 g/mol. The zero-order valence-electron chi connectivity index (χ0n) is 11.9. The van der Waals surface area contributed by atoms with Crippen LogP contribution in [-0.2, 0) is 6.54 Å². The number of benzene rings is 2. The van der Waals surface area contributed by atoms with E-state index in [-0.39, 0.29) is 0 Å². The van der Waals surface area contributed by atoms with Gasteiger partial charge in [0.1, 0.15) is 5.75 Å². The molecule has 20 heavy (non-hydrogen) atoms. The van der Waals surface area contributed by atoms with E-state index in [2.05, 4.69) is 30.4 Å². The summed E-state index contributed by atoms with van der Waals surface area (Å²) in [7, 11) is 1.68. The van der Waals surface area contributed by atoms with E-state index in [0.717, 1.165) is 47.0 Å². The number of ether oxygens (including phenoxy) is 1. The van der Waals surface area contributed by atoms with E-state index in [0.29, 0.717) is 0 Å². The lowest BCUT2D eigenvalue weighted by Gasteiger charge is -2.09. The molecule has 0 spiro atoms. The van der Waals surface area contributed by atoms with Crippen molar-refractivity contribution < 1.29 is 4.74 Å². The van der Waals surface area contributed by atoms with Gasteiger partial charge in [-0.1, -0.05) is 42.8 Å². The third-order valence-electron chi connectivity index (χ3n) is 3.20. The minimum atomic E-state index is 0.800. The molecule has 2 aromatic carbocycles. The molecule has 0 saturated carbocycles. The topological polar surface area (TPSA) is 21.3 Å². The highest BCUT2D eigenvalue weighted by Crippen LogP contribution is 2.28. The Morgan fingerprint density at radius 3 is 2.60 bits per heavy atom. The molecule has 1 N–H and O–H groups in total. The Bertz CT molecular complexity index is 569. The molecule has 0 unspecified atom stereocenters. The molecule has 0 amide bonds. The zero-order chi connectivity index (χ0) is 14.4. The first-order valence-corrected chi connectivity index (χ1v) is 7.26. The van der Waals surface area contributed by atoms with Crippen LogP contribution in [-0.4, -0.2) is 13.7 Å². The summed E-state index contributed by atoms with van der Waals surface area (Å²) in [6.07, 6.45) is 1.12. The van der Waals surface area contributed by atoms with Crippen LogP contribution in [0, 0.1) is 0 Å². The largest absolute Gasteiger partial charge is 0.497 e. The fourth-order valence-corrected chi connectivity index (χ4v) is 2.32. The fraction of sp³-hybridized carbons (Fsp3) is 0.294. The maximum absolute atomic E-state index is 6.36. The molecule has 0 aliphatic heterocycles. The molecule has 2 nitrogen and oxygen atoms in total. The van der Waals surface area contributed by atoms with Gasteiger partial charge in [0, 0.05) is 11.6 Å². The van der Waals surface area contributed by atoms with Gasteiger partial charge in [-0.2, -0.15) is 0 Å². The van der Waals surface area contributed by atoms with E-state index in [9.17, 15) is 0 Å². The van der Waals surface area contributed by atoms with Crippen LogP contribution >= 0.6 is 11.6 Å². The number of hydrogen-bond donors (Lipinski definition) is 1. The predicted octanol–water partition coefficient (Wildman–Crippen LogP) is 4.52. The summed E-state index contributed by atoms with van der Waals surface area (Å²) >= 11 is 6.36. The first kappa shape index (κ1) is 14.9. The van der Waals surface area contributed by atoms with Crippen molar-refractivity contribution in [3.05, 3.63) is 53.1 Å². The van der Waals surface area contributed by atoms with Gasteiger partial charge in [0.05, 0.1) is 7.11 Å². The SMILES string of the molecule is CCCNCc1ccc(-c2cccc(OC)c2)cc1Cl. The molecule has 0 heterocycles. The van der Waals surface area contributed by atoms with Crippen LogP contribution in [0.15, 0.2) is 42.5 Å². The van der Waals surface area contributed by atoms with Gasteiger partial charge in [-0.3, -0.25) is 0 Å². The molecule has 0 atom stereocenters. The Labute approximate surface area is 125 Å². The third-order valence-corrected chi connectivity index (χ3v) is 3.55. The van der Waals surface area contributed by atoms with Crippen molar-refractivity contribution in [1.82, 2.24) is 5.32 Å². The second kappa shape index (κ2) is 7.32. The Morgan fingerprint density at radius 1 is 1.10 bits per heavy atom. The molecule has 0 radical (unpaired) electrons. The molecule has 3 heteroatoms. The molecule has 0 fully saturated rings. The molecular weight excluding hydrogens is 270 g/mol. The first-order valence-electron chi connectivity index (χ1n) is 6.88. The Balaban J connectivity index is 2.19. The van der Waals surface area contributed by atoms with Crippen LogP contribution in [0.5, 0.6) is 5.75 Å². The fourth-order valence-electron chi connectivity index (χ4n) is 2.07. The molecule has 0 saturated heterocycles. The minimum absolute atomic E-state index is 0.800. The number of hydrogen-bond acceptors (Lipinski definition) is 2. The van der Waals surface area contributed by atoms with Crippen LogP contribution in [0.3, 0.4) is 0 Å². The number of rotatable bonds is 6. The number of nitrogens with one attached hydrogen (secondary N) is 1. The second-order valence-electron chi connectivity index (χ2n) is 4.71. The minimum Gasteiger partial charge on any atom is -0.497 e. The van der Waals surface area contributed by atoms with E-state index in [1.54, 1.807) is 7.11 Å². The lowest BCUT2D eigenvalue weighted by molar-refractivity contribution is 0.415. The van der Waals surface area contributed by atoms with Gasteiger partial charge >= 0.3 is 0 Å². The van der Waals surface area contributed by atoms with Crippen LogP contribution < -0.4 is 10.1 Å². The standard InChI is InChI=1S/C17H20ClNO/c1-3-9-19-12-15-8-7-14(11-17(15)18)13-5-4-6-16(10-13)20-2/h4-8,10-11,19H,3,9,12H2,1-2H3. The molecule has 2 rings (SSSR count). The van der Waals surface area contributed by atoms with Gasteiger partial charge in [-0.25, -0.2) is 0 Å². The van der Waals surface area contributed by atoms with Crippen molar-refractivity contribution in [2.45, 2.75) is 19.9 Å². The highest BCUT2D eigenvalue weighted by molar-refractivity contribution is 6.31. The summed E-state index contributed by atoms with van der Waals surface area (Å²) in [4.78, 5) is 0. The van der Waals surface area contributed by atoms with E-state index >= 15 is 0 Å². The summed E-state index contributed by atoms with van der Waals surface area (Å²) in [5.41, 5.74) is 3.35. The smallest absolute Gasteiger partial charge is 0.119 e. The predicted molar refractivity (Wildman–Crippen MR) is 85.4 cm³/mol. The van der Waals surface area contributed by atoms with E-state index in [1.165, 1.54) is 0 Å². The van der Waals surface area contributed by atoms with Gasteiger partial charge in [-0.05, 0) is 47.9 Å². The van der Waals surface area contributed by atoms with Gasteiger partial charge in [0.2, 0.25) is 0 Å². The molecule has 106 valence electrons. The Hall–Kier alpha value is -1.51. The first-order chi connectivity index (χ1) is 9.74. The van der Waals surface area contributed by atoms with Crippen LogP contribution in [0.25, 0.3) is 11.1 Å². The summed E-state index contributed by atoms with van der Waals surface area (Å²) < 4.78 is 5.25. The highest BCUT2D eigenvalue weighted by atomic mass is 35.5. The zero-order valence-corrected chi connectivity index (χ0v) is 12.7. The maximum Gasteiger partial charge on any atom is 0.119 e. The van der Waals surface area contributed by atoms with E-state index in [4.69, 9.17) is 16.3 Å². The second-order valence-corrected chi connectivity index (χ2v) is 5.12. The Morgan fingerprint density at radius 2 is 1.90 bits per heavy atom. The van der Waals surface area contributed by atoms with Crippen molar-refractivity contribution in [2.75, 3.05) is 13.7 Å². The average Bonchev–Trinajstić information content (AvgIpc) is 2.49. The lowest BCUT2D eigenvalue weighted by atomic mass is 10.0. The van der Waals surface area contributed by atoms with Crippen LogP contribution in [0.4, 0.5) is 0 Å². The highest BCUT2D eigenvalue weighted by Gasteiger charge is 2.04. The molecule has 0 bridgehead atoms. The van der Waals surface area contributed by atoms with Crippen molar-refractivity contribution in [2.24, 2.45) is 0 Å². The third kappa shape index (κ3) is 3.75. The van der Waals surface area contributed by atoms with Gasteiger partial charge in [0.25, 0.3) is 0 Å². The normalized spacial score (nSPS) is 10.6. The van der Waals surface area contributed by atoms with Crippen molar-refractivity contribution in [3.63, 3.8) is 0 Å². The van der Waals surface area contributed by atoms with Crippen molar-refractivity contribution in [3.8, 4) is 16.9 Å². The summed E-state index contributed by atoms with van der Waals surface area (Å²) in [5.74, 6) is 0.854. The molecular formula is C17H20ClNO. The molecule has 0 aromatic heterocycles. The summed E-state index contributed by atoms with van der Waals surface area (Å²) in [5, 5.41) is 4.17. The summed E-state index contributed by atoms with van der Waals surface area (Å²) in [6.45, 7) is 3.97. The van der Waals surface area contributed by atoms with Gasteiger partial charge < -0.3 is 10.1 Å². The summed E-state index contributed by atoms with van der Waals surface area (Å²) in [6, 6.07) is 14.2. The lowest BCUT2D eigenvalue weighted by Crippen LogP contribution is -2.13.